The van der Waals surface area contributed by atoms with Gasteiger partial charge < -0.3 is 4.42 Å². The fourth-order valence-electron chi connectivity index (χ4n) is 0.641. The van der Waals surface area contributed by atoms with Crippen LogP contribution in [0.15, 0.2) is 22.8 Å². The molecule has 0 spiro atoms. The highest BCUT2D eigenvalue weighted by Gasteiger charge is 2.26. The number of rotatable bonds is 2. The summed E-state index contributed by atoms with van der Waals surface area (Å²) in [4.78, 5) is 0. The summed E-state index contributed by atoms with van der Waals surface area (Å²) in [6.45, 7) is 1.47. The molecule has 1 rings (SSSR count). The van der Waals surface area contributed by atoms with Gasteiger partial charge in [0.25, 0.3) is 0 Å². The van der Waals surface area contributed by atoms with Crippen LogP contribution in [0.2, 0.25) is 0 Å². The summed E-state index contributed by atoms with van der Waals surface area (Å²) >= 11 is 3.06. The molecule has 1 aromatic rings. The summed E-state index contributed by atoms with van der Waals surface area (Å²) in [5, 5.41) is 0.257. The Bertz CT molecular complexity index is 193. The van der Waals surface area contributed by atoms with Crippen LogP contribution < -0.4 is 0 Å². The van der Waals surface area contributed by atoms with Crippen LogP contribution in [0.1, 0.15) is 12.7 Å². The minimum absolute atomic E-state index is 0.257. The quantitative estimate of drug-likeness (QED) is 0.679. The molecule has 0 N–H and O–H groups in total. The van der Waals surface area contributed by atoms with Crippen LogP contribution in [0, 0.1) is 0 Å². The first-order chi connectivity index (χ1) is 4.67. The maximum atomic E-state index is 13.2. The highest BCUT2D eigenvalue weighted by atomic mass is 79.9. The van der Waals surface area contributed by atoms with E-state index in [4.69, 9.17) is 4.42 Å². The van der Waals surface area contributed by atoms with E-state index in [1.807, 2.05) is 0 Å². The van der Waals surface area contributed by atoms with Crippen molar-refractivity contribution >= 4 is 15.9 Å². The Labute approximate surface area is 67.4 Å². The molecule has 1 heterocycles. The molecule has 0 bridgehead atoms. The molecule has 0 aliphatic heterocycles. The van der Waals surface area contributed by atoms with Gasteiger partial charge in [0.05, 0.1) is 6.26 Å². The summed E-state index contributed by atoms with van der Waals surface area (Å²) in [5.41, 5.74) is -1.39. The van der Waals surface area contributed by atoms with Crippen molar-refractivity contribution in [1.29, 1.82) is 0 Å². The van der Waals surface area contributed by atoms with Gasteiger partial charge in [0.15, 0.2) is 5.67 Å². The van der Waals surface area contributed by atoms with Crippen LogP contribution in [0.4, 0.5) is 4.39 Å². The maximum absolute atomic E-state index is 13.2. The summed E-state index contributed by atoms with van der Waals surface area (Å²) in [6.07, 6.45) is 1.47. The fraction of sp³-hybridized carbons (Fsp3) is 0.429. The molecule has 0 fully saturated rings. The van der Waals surface area contributed by atoms with Gasteiger partial charge in [-0.05, 0) is 19.1 Å². The SMILES string of the molecule is CC(F)(CBr)c1ccco1. The molecule has 0 saturated heterocycles. The van der Waals surface area contributed by atoms with E-state index in [0.29, 0.717) is 5.76 Å². The second kappa shape index (κ2) is 2.74. The number of halogens is 2. The zero-order valence-electron chi connectivity index (χ0n) is 5.60. The Kier molecular flexibility index (Phi) is 2.14. The number of alkyl halides is 2. The van der Waals surface area contributed by atoms with Crippen molar-refractivity contribution in [3.63, 3.8) is 0 Å². The second-order valence-electron chi connectivity index (χ2n) is 2.31. The van der Waals surface area contributed by atoms with E-state index >= 15 is 0 Å². The van der Waals surface area contributed by atoms with E-state index in [2.05, 4.69) is 15.9 Å². The van der Waals surface area contributed by atoms with Crippen LogP contribution in [0.25, 0.3) is 0 Å². The first-order valence-corrected chi connectivity index (χ1v) is 4.08. The van der Waals surface area contributed by atoms with E-state index in [-0.39, 0.29) is 5.33 Å². The lowest BCUT2D eigenvalue weighted by atomic mass is 10.1. The zero-order chi connectivity index (χ0) is 7.61. The standard InChI is InChI=1S/C7H8BrFO/c1-7(9,5-8)6-3-2-4-10-6/h2-4H,5H2,1H3. The third kappa shape index (κ3) is 1.40. The Morgan fingerprint density at radius 2 is 2.50 bits per heavy atom. The van der Waals surface area contributed by atoms with Gasteiger partial charge >= 0.3 is 0 Å². The molecular formula is C7H8BrFO. The highest BCUT2D eigenvalue weighted by molar-refractivity contribution is 9.09. The van der Waals surface area contributed by atoms with E-state index < -0.39 is 5.67 Å². The minimum Gasteiger partial charge on any atom is -0.466 e. The second-order valence-corrected chi connectivity index (χ2v) is 2.87. The molecule has 0 aliphatic carbocycles. The van der Waals surface area contributed by atoms with Crippen molar-refractivity contribution in [2.24, 2.45) is 0 Å². The molecule has 1 atom stereocenters. The monoisotopic (exact) mass is 206 g/mol. The van der Waals surface area contributed by atoms with E-state index in [0.717, 1.165) is 0 Å². The maximum Gasteiger partial charge on any atom is 0.174 e. The van der Waals surface area contributed by atoms with Crippen LogP contribution >= 0.6 is 15.9 Å². The number of furan rings is 1. The molecule has 0 aromatic carbocycles. The van der Waals surface area contributed by atoms with Crippen molar-refractivity contribution in [2.45, 2.75) is 12.6 Å². The molecule has 1 nitrogen and oxygen atoms in total. The molecule has 1 unspecified atom stereocenters. The van der Waals surface area contributed by atoms with E-state index in [1.54, 1.807) is 12.1 Å². The van der Waals surface area contributed by atoms with Crippen LogP contribution in [-0.4, -0.2) is 5.33 Å². The summed E-state index contributed by atoms with van der Waals surface area (Å²) in [6, 6.07) is 3.30. The largest absolute Gasteiger partial charge is 0.466 e. The average molecular weight is 207 g/mol. The Hall–Kier alpha value is -0.310. The van der Waals surface area contributed by atoms with Crippen LogP contribution in [-0.2, 0) is 5.67 Å². The topological polar surface area (TPSA) is 13.1 Å². The van der Waals surface area contributed by atoms with Gasteiger partial charge in [0.2, 0.25) is 0 Å². The Balaban J connectivity index is 2.85. The molecule has 3 heteroatoms. The zero-order valence-corrected chi connectivity index (χ0v) is 7.19. The first-order valence-electron chi connectivity index (χ1n) is 2.95. The van der Waals surface area contributed by atoms with Gasteiger partial charge in [-0.25, -0.2) is 4.39 Å². The van der Waals surface area contributed by atoms with Crippen LogP contribution in [0.5, 0.6) is 0 Å². The molecule has 1 aromatic heterocycles. The lowest BCUT2D eigenvalue weighted by molar-refractivity contribution is 0.186. The summed E-state index contributed by atoms with van der Waals surface area (Å²) in [7, 11) is 0. The van der Waals surface area contributed by atoms with Crippen molar-refractivity contribution in [3.05, 3.63) is 24.2 Å². The lowest BCUT2D eigenvalue weighted by Gasteiger charge is -2.12. The van der Waals surface area contributed by atoms with Gasteiger partial charge in [0, 0.05) is 5.33 Å². The predicted molar refractivity (Wildman–Crippen MR) is 41.0 cm³/mol. The van der Waals surface area contributed by atoms with Crippen molar-refractivity contribution in [3.8, 4) is 0 Å². The fourth-order valence-corrected chi connectivity index (χ4v) is 0.917. The third-order valence-electron chi connectivity index (χ3n) is 1.29. The normalized spacial score (nSPS) is 16.7. The molecule has 0 radical (unpaired) electrons. The molecule has 56 valence electrons. The van der Waals surface area contributed by atoms with Gasteiger partial charge in [-0.3, -0.25) is 0 Å². The van der Waals surface area contributed by atoms with Gasteiger partial charge in [-0.2, -0.15) is 0 Å². The predicted octanol–water partition coefficient (Wildman–Crippen LogP) is 2.86. The van der Waals surface area contributed by atoms with Gasteiger partial charge in [-0.15, -0.1) is 0 Å². The van der Waals surface area contributed by atoms with Crippen LogP contribution in [0.3, 0.4) is 0 Å². The minimum atomic E-state index is -1.39. The van der Waals surface area contributed by atoms with Gasteiger partial charge in [-0.1, -0.05) is 15.9 Å². The van der Waals surface area contributed by atoms with E-state index in [9.17, 15) is 4.39 Å². The van der Waals surface area contributed by atoms with E-state index in [1.165, 1.54) is 13.2 Å². The smallest absolute Gasteiger partial charge is 0.174 e. The molecule has 10 heavy (non-hydrogen) atoms. The van der Waals surface area contributed by atoms with Gasteiger partial charge in [0.1, 0.15) is 5.76 Å². The van der Waals surface area contributed by atoms with Crippen molar-refractivity contribution < 1.29 is 8.81 Å². The Morgan fingerprint density at radius 3 is 2.90 bits per heavy atom. The molecule has 0 aliphatic rings. The third-order valence-corrected chi connectivity index (χ3v) is 2.34. The summed E-state index contributed by atoms with van der Waals surface area (Å²) in [5.74, 6) is 0.365. The molecule has 0 saturated carbocycles. The molecule has 0 amide bonds. The number of hydrogen-bond acceptors (Lipinski definition) is 1. The highest BCUT2D eigenvalue weighted by Crippen LogP contribution is 2.27. The lowest BCUT2D eigenvalue weighted by Crippen LogP contribution is -2.15. The molecular weight excluding hydrogens is 199 g/mol. The Morgan fingerprint density at radius 1 is 1.80 bits per heavy atom. The van der Waals surface area contributed by atoms with Crippen molar-refractivity contribution in [1.82, 2.24) is 0 Å². The summed E-state index contributed by atoms with van der Waals surface area (Å²) < 4.78 is 18.1. The first kappa shape index (κ1) is 7.79. The number of hydrogen-bond donors (Lipinski definition) is 0. The van der Waals surface area contributed by atoms with Crippen molar-refractivity contribution in [2.75, 3.05) is 5.33 Å². The average Bonchev–Trinajstić information content (AvgIpc) is 2.38.